The predicted molar refractivity (Wildman–Crippen MR) is 85.4 cm³/mol. The van der Waals surface area contributed by atoms with Crippen molar-refractivity contribution in [1.29, 1.82) is 0 Å². The Kier molecular flexibility index (Phi) is 5.20. The molecule has 0 bridgehead atoms. The van der Waals surface area contributed by atoms with Gasteiger partial charge in [-0.2, -0.15) is 0 Å². The van der Waals surface area contributed by atoms with Gasteiger partial charge in [-0.15, -0.1) is 0 Å². The Hall–Kier alpha value is -0.640. The van der Waals surface area contributed by atoms with Gasteiger partial charge in [-0.25, -0.2) is 0 Å². The summed E-state index contributed by atoms with van der Waals surface area (Å²) in [6.07, 6.45) is 8.66. The number of nitrogens with two attached hydrogens (primary N) is 1. The van der Waals surface area contributed by atoms with E-state index in [1.807, 2.05) is 0 Å². The highest BCUT2D eigenvalue weighted by Crippen LogP contribution is 2.30. The molecule has 0 radical (unpaired) electrons. The summed E-state index contributed by atoms with van der Waals surface area (Å²) in [5.74, 6) is 0. The first-order valence-corrected chi connectivity index (χ1v) is 7.82. The molecule has 0 aromatic heterocycles. The van der Waals surface area contributed by atoms with Crippen molar-refractivity contribution in [3.8, 4) is 0 Å². The molecule has 3 heteroatoms. The summed E-state index contributed by atoms with van der Waals surface area (Å²) in [5, 5.41) is 3.69. The predicted octanol–water partition coefficient (Wildman–Crippen LogP) is 3.19. The number of benzene rings is 1. The summed E-state index contributed by atoms with van der Waals surface area (Å²) in [4.78, 5) is 0. The summed E-state index contributed by atoms with van der Waals surface area (Å²) in [7, 11) is 0. The van der Waals surface area contributed by atoms with Gasteiger partial charge < -0.3 is 11.1 Å². The van der Waals surface area contributed by atoms with Crippen LogP contribution in [-0.2, 0) is 12.8 Å². The Morgan fingerprint density at radius 1 is 1.42 bits per heavy atom. The normalized spacial score (nSPS) is 22.7. The number of aryl methyl sites for hydroxylation is 1. The molecule has 1 aliphatic rings. The molecule has 0 amide bonds. The summed E-state index contributed by atoms with van der Waals surface area (Å²) < 4.78 is 1.17. The van der Waals surface area contributed by atoms with Gasteiger partial charge in [0.15, 0.2) is 0 Å². The van der Waals surface area contributed by atoms with E-state index in [1.165, 1.54) is 15.6 Å². The molecule has 1 aliphatic carbocycles. The highest BCUT2D eigenvalue weighted by atomic mass is 79.9. The smallest absolute Gasteiger partial charge is 0.0347 e. The van der Waals surface area contributed by atoms with Crippen LogP contribution in [0.2, 0.25) is 0 Å². The minimum Gasteiger partial charge on any atom is -0.329 e. The van der Waals surface area contributed by atoms with Crippen LogP contribution in [0, 0.1) is 0 Å². The first-order chi connectivity index (χ1) is 9.19. The van der Waals surface area contributed by atoms with Gasteiger partial charge in [0.1, 0.15) is 0 Å². The first kappa shape index (κ1) is 14.8. The Labute approximate surface area is 124 Å². The maximum Gasteiger partial charge on any atom is 0.0347 e. The van der Waals surface area contributed by atoms with Gasteiger partial charge in [-0.05, 0) is 62.4 Å². The standard InChI is InChI=1S/C16H23BrN2/c1-2-3-4-9-19-16(12-18)8-7-13-10-15(17)6-5-14(13)11-16/h2-3,5-6,10,19H,4,7-9,11-12,18H2,1H3/b3-2+. The van der Waals surface area contributed by atoms with Crippen LogP contribution in [0.1, 0.15) is 30.9 Å². The van der Waals surface area contributed by atoms with Gasteiger partial charge in [0.05, 0.1) is 0 Å². The van der Waals surface area contributed by atoms with E-state index in [9.17, 15) is 0 Å². The maximum atomic E-state index is 6.05. The van der Waals surface area contributed by atoms with Crippen LogP contribution in [0.3, 0.4) is 0 Å². The van der Waals surface area contributed by atoms with Crippen molar-refractivity contribution in [2.45, 2.75) is 38.1 Å². The summed E-state index contributed by atoms with van der Waals surface area (Å²) >= 11 is 3.55. The van der Waals surface area contributed by atoms with Gasteiger partial charge in [-0.1, -0.05) is 34.1 Å². The van der Waals surface area contributed by atoms with E-state index in [2.05, 4.69) is 58.5 Å². The number of hydrogen-bond donors (Lipinski definition) is 2. The van der Waals surface area contributed by atoms with Gasteiger partial charge in [0.2, 0.25) is 0 Å². The average molecular weight is 323 g/mol. The van der Waals surface area contributed by atoms with Crippen molar-refractivity contribution >= 4 is 15.9 Å². The fourth-order valence-electron chi connectivity index (χ4n) is 2.81. The molecule has 0 spiro atoms. The molecule has 2 nitrogen and oxygen atoms in total. The first-order valence-electron chi connectivity index (χ1n) is 7.03. The topological polar surface area (TPSA) is 38.0 Å². The molecule has 1 aromatic carbocycles. The van der Waals surface area contributed by atoms with Crippen molar-refractivity contribution < 1.29 is 0 Å². The van der Waals surface area contributed by atoms with Gasteiger partial charge in [-0.3, -0.25) is 0 Å². The molecule has 0 aliphatic heterocycles. The minimum absolute atomic E-state index is 0.0857. The maximum absolute atomic E-state index is 6.05. The van der Waals surface area contributed by atoms with E-state index >= 15 is 0 Å². The zero-order valence-corrected chi connectivity index (χ0v) is 13.2. The Morgan fingerprint density at radius 2 is 2.26 bits per heavy atom. The van der Waals surface area contributed by atoms with E-state index in [1.54, 1.807) is 0 Å². The second-order valence-corrected chi connectivity index (χ2v) is 6.27. The van der Waals surface area contributed by atoms with Crippen molar-refractivity contribution in [3.63, 3.8) is 0 Å². The second kappa shape index (κ2) is 6.69. The van der Waals surface area contributed by atoms with Crippen LogP contribution < -0.4 is 11.1 Å². The SMILES string of the molecule is C/C=C/CCNC1(CN)CCc2cc(Br)ccc2C1. The summed E-state index contributed by atoms with van der Waals surface area (Å²) in [6, 6.07) is 6.61. The molecule has 0 saturated carbocycles. The zero-order chi connectivity index (χ0) is 13.7. The molecule has 2 rings (SSSR count). The molecule has 0 heterocycles. The van der Waals surface area contributed by atoms with Crippen molar-refractivity contribution in [2.75, 3.05) is 13.1 Å². The van der Waals surface area contributed by atoms with Gasteiger partial charge in [0, 0.05) is 16.6 Å². The molecule has 3 N–H and O–H groups in total. The third-order valence-electron chi connectivity index (χ3n) is 4.01. The van der Waals surface area contributed by atoms with Crippen LogP contribution in [0.5, 0.6) is 0 Å². The molecular formula is C16H23BrN2. The van der Waals surface area contributed by atoms with Crippen LogP contribution in [0.15, 0.2) is 34.8 Å². The Morgan fingerprint density at radius 3 is 3.00 bits per heavy atom. The lowest BCUT2D eigenvalue weighted by molar-refractivity contribution is 0.296. The van der Waals surface area contributed by atoms with Crippen LogP contribution in [0.4, 0.5) is 0 Å². The average Bonchev–Trinajstić information content (AvgIpc) is 2.44. The molecule has 1 unspecified atom stereocenters. The monoisotopic (exact) mass is 322 g/mol. The molecule has 0 saturated heterocycles. The number of allylic oxidation sites excluding steroid dienone is 1. The highest BCUT2D eigenvalue weighted by molar-refractivity contribution is 9.10. The second-order valence-electron chi connectivity index (χ2n) is 5.36. The quantitative estimate of drug-likeness (QED) is 0.645. The van der Waals surface area contributed by atoms with Crippen molar-refractivity contribution in [1.82, 2.24) is 5.32 Å². The van der Waals surface area contributed by atoms with Crippen molar-refractivity contribution in [2.24, 2.45) is 5.73 Å². The zero-order valence-electron chi connectivity index (χ0n) is 11.6. The summed E-state index contributed by atoms with van der Waals surface area (Å²) in [5.41, 5.74) is 9.05. The third kappa shape index (κ3) is 3.68. The van der Waals surface area contributed by atoms with Crippen molar-refractivity contribution in [3.05, 3.63) is 46.0 Å². The number of fused-ring (bicyclic) bond motifs is 1. The van der Waals surface area contributed by atoms with Gasteiger partial charge >= 0.3 is 0 Å². The van der Waals surface area contributed by atoms with E-state index in [4.69, 9.17) is 5.73 Å². The summed E-state index contributed by atoms with van der Waals surface area (Å²) in [6.45, 7) is 3.78. The minimum atomic E-state index is 0.0857. The molecule has 1 atom stereocenters. The van der Waals surface area contributed by atoms with Crippen LogP contribution in [-0.4, -0.2) is 18.6 Å². The van der Waals surface area contributed by atoms with E-state index in [0.29, 0.717) is 6.54 Å². The molecule has 0 fully saturated rings. The molecule has 104 valence electrons. The lowest BCUT2D eigenvalue weighted by Crippen LogP contribution is -2.55. The lowest BCUT2D eigenvalue weighted by atomic mass is 9.78. The van der Waals surface area contributed by atoms with Crippen LogP contribution >= 0.6 is 15.9 Å². The van der Waals surface area contributed by atoms with E-state index in [0.717, 1.165) is 32.2 Å². The number of hydrogen-bond acceptors (Lipinski definition) is 2. The fraction of sp³-hybridized carbons (Fsp3) is 0.500. The Balaban J connectivity index is 2.05. The fourth-order valence-corrected chi connectivity index (χ4v) is 3.22. The molecule has 1 aromatic rings. The van der Waals surface area contributed by atoms with E-state index in [-0.39, 0.29) is 5.54 Å². The van der Waals surface area contributed by atoms with E-state index < -0.39 is 0 Å². The molecule has 19 heavy (non-hydrogen) atoms. The lowest BCUT2D eigenvalue weighted by Gasteiger charge is -2.38. The van der Waals surface area contributed by atoms with Crippen LogP contribution in [0.25, 0.3) is 0 Å². The number of rotatable bonds is 5. The third-order valence-corrected chi connectivity index (χ3v) is 4.50. The van der Waals surface area contributed by atoms with Gasteiger partial charge in [0.25, 0.3) is 0 Å². The highest BCUT2D eigenvalue weighted by Gasteiger charge is 2.32. The Bertz CT molecular complexity index is 456. The molecular weight excluding hydrogens is 300 g/mol. The number of halogens is 1. The number of nitrogens with one attached hydrogen (secondary N) is 1. The largest absolute Gasteiger partial charge is 0.329 e.